The van der Waals surface area contributed by atoms with Crippen molar-refractivity contribution in [2.24, 2.45) is 5.92 Å². The van der Waals surface area contributed by atoms with Crippen LogP contribution in [-0.2, 0) is 11.3 Å². The molecule has 0 spiro atoms. The maximum atomic E-state index is 13.8. The van der Waals surface area contributed by atoms with Crippen LogP contribution in [0.5, 0.6) is 5.75 Å². The zero-order valence-electron chi connectivity index (χ0n) is 16.7. The maximum Gasteiger partial charge on any atom is 0.225 e. The maximum absolute atomic E-state index is 13.8. The first-order valence-corrected chi connectivity index (χ1v) is 11.3. The summed E-state index contributed by atoms with van der Waals surface area (Å²) in [4.78, 5) is 17.1. The van der Waals surface area contributed by atoms with Crippen molar-refractivity contribution in [3.8, 4) is 5.75 Å². The van der Waals surface area contributed by atoms with Crippen LogP contribution >= 0.6 is 11.3 Å². The van der Waals surface area contributed by atoms with Crippen molar-refractivity contribution in [3.63, 3.8) is 0 Å². The second-order valence-electron chi connectivity index (χ2n) is 8.02. The number of carbonyl (C=O) groups is 1. The Morgan fingerprint density at radius 1 is 1.03 bits per heavy atom. The summed E-state index contributed by atoms with van der Waals surface area (Å²) in [7, 11) is 0. The zero-order valence-corrected chi connectivity index (χ0v) is 17.5. The molecule has 3 heterocycles. The van der Waals surface area contributed by atoms with Crippen LogP contribution in [0, 0.1) is 23.4 Å². The van der Waals surface area contributed by atoms with Gasteiger partial charge in [-0.2, -0.15) is 11.3 Å². The standard InChI is InChI=1S/C22H25F3N2O2S/c23-17-11-19(24)21(20(25)12-17)29-18-3-8-27(9-4-18)22(28)16-1-6-26(7-2-16)13-15-5-10-30-14-15/h5,10-12,14,16,18H,1-4,6-9,13H2. The van der Waals surface area contributed by atoms with E-state index in [9.17, 15) is 18.0 Å². The Morgan fingerprint density at radius 3 is 2.30 bits per heavy atom. The van der Waals surface area contributed by atoms with Gasteiger partial charge in [-0.15, -0.1) is 0 Å². The van der Waals surface area contributed by atoms with E-state index >= 15 is 0 Å². The van der Waals surface area contributed by atoms with Gasteiger partial charge in [-0.05, 0) is 48.3 Å². The van der Waals surface area contributed by atoms with E-state index in [1.54, 1.807) is 11.3 Å². The first-order chi connectivity index (χ1) is 14.5. The van der Waals surface area contributed by atoms with E-state index in [4.69, 9.17) is 4.74 Å². The molecule has 4 nitrogen and oxygen atoms in total. The summed E-state index contributed by atoms with van der Waals surface area (Å²) in [5.74, 6) is -3.39. The fourth-order valence-corrected chi connectivity index (χ4v) is 4.90. The molecular formula is C22H25F3N2O2S. The topological polar surface area (TPSA) is 32.8 Å². The average Bonchev–Trinajstić information content (AvgIpc) is 3.24. The van der Waals surface area contributed by atoms with Crippen LogP contribution in [0.15, 0.2) is 29.0 Å². The van der Waals surface area contributed by atoms with Gasteiger partial charge in [0.2, 0.25) is 5.91 Å². The van der Waals surface area contributed by atoms with Crippen LogP contribution in [0.1, 0.15) is 31.2 Å². The molecule has 0 radical (unpaired) electrons. The Morgan fingerprint density at radius 2 is 1.70 bits per heavy atom. The number of benzene rings is 1. The molecule has 0 saturated carbocycles. The predicted molar refractivity (Wildman–Crippen MR) is 109 cm³/mol. The SMILES string of the molecule is O=C(C1CCN(Cc2ccsc2)CC1)N1CCC(Oc2c(F)cc(F)cc2F)CC1. The molecule has 0 unspecified atom stereocenters. The quantitative estimate of drug-likeness (QED) is 0.692. The van der Waals surface area contributed by atoms with Crippen LogP contribution in [0.25, 0.3) is 0 Å². The molecule has 0 atom stereocenters. The summed E-state index contributed by atoms with van der Waals surface area (Å²) in [5, 5.41) is 4.24. The summed E-state index contributed by atoms with van der Waals surface area (Å²) in [5.41, 5.74) is 1.32. The van der Waals surface area contributed by atoms with Gasteiger partial charge < -0.3 is 9.64 Å². The number of hydrogen-bond acceptors (Lipinski definition) is 4. The highest BCUT2D eigenvalue weighted by molar-refractivity contribution is 7.07. The largest absolute Gasteiger partial charge is 0.484 e. The van der Waals surface area contributed by atoms with Gasteiger partial charge >= 0.3 is 0 Å². The number of piperidine rings is 2. The summed E-state index contributed by atoms with van der Waals surface area (Å²) in [6.07, 6.45) is 2.31. The number of halogens is 3. The van der Waals surface area contributed by atoms with Gasteiger partial charge in [0, 0.05) is 50.5 Å². The molecular weight excluding hydrogens is 413 g/mol. The van der Waals surface area contributed by atoms with Crippen molar-refractivity contribution < 1.29 is 22.7 Å². The smallest absolute Gasteiger partial charge is 0.225 e. The van der Waals surface area contributed by atoms with Crippen LogP contribution < -0.4 is 4.74 Å². The van der Waals surface area contributed by atoms with E-state index in [1.165, 1.54) is 5.56 Å². The van der Waals surface area contributed by atoms with E-state index in [2.05, 4.69) is 21.7 Å². The minimum atomic E-state index is -1.04. The Hall–Kier alpha value is -2.06. The van der Waals surface area contributed by atoms with Gasteiger partial charge in [0.25, 0.3) is 0 Å². The van der Waals surface area contributed by atoms with Crippen molar-refractivity contribution in [2.75, 3.05) is 26.2 Å². The first kappa shape index (κ1) is 21.2. The lowest BCUT2D eigenvalue weighted by Gasteiger charge is -2.37. The van der Waals surface area contributed by atoms with E-state index in [1.807, 2.05) is 4.90 Å². The second-order valence-corrected chi connectivity index (χ2v) is 8.80. The summed E-state index contributed by atoms with van der Waals surface area (Å²) in [6, 6.07) is 3.36. The lowest BCUT2D eigenvalue weighted by atomic mass is 9.94. The van der Waals surface area contributed by atoms with Gasteiger partial charge in [0.1, 0.15) is 11.9 Å². The van der Waals surface area contributed by atoms with Crippen molar-refractivity contribution in [1.29, 1.82) is 0 Å². The third kappa shape index (κ3) is 4.98. The zero-order chi connectivity index (χ0) is 21.1. The molecule has 1 amide bonds. The molecule has 162 valence electrons. The van der Waals surface area contributed by atoms with E-state index in [-0.39, 0.29) is 11.8 Å². The Labute approximate surface area is 178 Å². The Kier molecular flexibility index (Phi) is 6.63. The number of rotatable bonds is 5. The van der Waals surface area contributed by atoms with Crippen LogP contribution in [0.2, 0.25) is 0 Å². The van der Waals surface area contributed by atoms with Crippen LogP contribution in [0.4, 0.5) is 13.2 Å². The molecule has 2 saturated heterocycles. The number of likely N-dealkylation sites (tertiary alicyclic amines) is 2. The summed E-state index contributed by atoms with van der Waals surface area (Å²) < 4.78 is 46.1. The van der Waals surface area contributed by atoms with Crippen molar-refractivity contribution in [2.45, 2.75) is 38.3 Å². The van der Waals surface area contributed by atoms with Gasteiger partial charge in [-0.3, -0.25) is 9.69 Å². The van der Waals surface area contributed by atoms with Crippen molar-refractivity contribution in [1.82, 2.24) is 9.80 Å². The lowest BCUT2D eigenvalue weighted by molar-refractivity contribution is -0.139. The highest BCUT2D eigenvalue weighted by Gasteiger charge is 2.32. The summed E-state index contributed by atoms with van der Waals surface area (Å²) in [6.45, 7) is 3.76. The number of hydrogen-bond donors (Lipinski definition) is 0. The lowest BCUT2D eigenvalue weighted by Crippen LogP contribution is -2.47. The number of thiophene rings is 1. The highest BCUT2D eigenvalue weighted by atomic mass is 32.1. The van der Waals surface area contributed by atoms with E-state index in [0.717, 1.165) is 32.5 Å². The molecule has 30 heavy (non-hydrogen) atoms. The minimum absolute atomic E-state index is 0.0354. The fraction of sp³-hybridized carbons (Fsp3) is 0.500. The summed E-state index contributed by atoms with van der Waals surface area (Å²) >= 11 is 1.70. The molecule has 2 aliphatic heterocycles. The molecule has 0 N–H and O–H groups in total. The molecule has 8 heteroatoms. The second kappa shape index (κ2) is 9.39. The van der Waals surface area contributed by atoms with E-state index < -0.39 is 29.3 Å². The number of carbonyl (C=O) groups excluding carboxylic acids is 1. The molecule has 1 aromatic heterocycles. The first-order valence-electron chi connectivity index (χ1n) is 10.3. The number of ether oxygens (including phenoxy) is 1. The molecule has 2 aliphatic rings. The van der Waals surface area contributed by atoms with Crippen molar-refractivity contribution in [3.05, 3.63) is 52.0 Å². The van der Waals surface area contributed by atoms with Gasteiger partial charge in [0.05, 0.1) is 0 Å². The normalized spacial score (nSPS) is 19.2. The van der Waals surface area contributed by atoms with Crippen LogP contribution in [0.3, 0.4) is 0 Å². The third-order valence-corrected chi connectivity index (χ3v) is 6.66. The highest BCUT2D eigenvalue weighted by Crippen LogP contribution is 2.28. The Balaban J connectivity index is 1.24. The minimum Gasteiger partial charge on any atom is -0.484 e. The number of nitrogens with zero attached hydrogens (tertiary/aromatic N) is 2. The van der Waals surface area contributed by atoms with Crippen molar-refractivity contribution >= 4 is 17.2 Å². The average molecular weight is 439 g/mol. The monoisotopic (exact) mass is 438 g/mol. The molecule has 4 rings (SSSR count). The van der Waals surface area contributed by atoms with Gasteiger partial charge in [-0.25, -0.2) is 13.2 Å². The third-order valence-electron chi connectivity index (χ3n) is 5.92. The molecule has 0 bridgehead atoms. The molecule has 0 aliphatic carbocycles. The predicted octanol–water partition coefficient (Wildman–Crippen LogP) is 4.45. The molecule has 1 aromatic carbocycles. The fourth-order valence-electron chi connectivity index (χ4n) is 4.24. The number of amides is 1. The van der Waals surface area contributed by atoms with Crippen LogP contribution in [-0.4, -0.2) is 48.0 Å². The van der Waals surface area contributed by atoms with Gasteiger partial charge in [0.15, 0.2) is 17.4 Å². The molecule has 2 fully saturated rings. The molecule has 2 aromatic rings. The van der Waals surface area contributed by atoms with E-state index in [0.29, 0.717) is 38.1 Å². The Bertz CT molecular complexity index is 838. The van der Waals surface area contributed by atoms with Gasteiger partial charge in [-0.1, -0.05) is 0 Å².